The number of nitrogens with one attached hydrogen (secondary N) is 2. The second-order valence-electron chi connectivity index (χ2n) is 5.80. The van der Waals surface area contributed by atoms with Crippen LogP contribution in [0.5, 0.6) is 0 Å². The lowest BCUT2D eigenvalue weighted by Crippen LogP contribution is -2.35. The molecule has 1 amide bonds. The van der Waals surface area contributed by atoms with Crippen LogP contribution in [0.3, 0.4) is 0 Å². The van der Waals surface area contributed by atoms with E-state index in [1.54, 1.807) is 18.5 Å². The molecule has 1 aromatic rings. The molecular weight excluding hydrogens is 262 g/mol. The van der Waals surface area contributed by atoms with Crippen molar-refractivity contribution in [1.82, 2.24) is 15.2 Å². The number of likely N-dealkylation sites (N-methyl/N-ethyl adjacent to an activating group) is 1. The number of hydrogen-bond donors (Lipinski definition) is 2. The quantitative estimate of drug-likeness (QED) is 0.615. The summed E-state index contributed by atoms with van der Waals surface area (Å²) in [5.41, 5.74) is 0.701. The smallest absolute Gasteiger partial charge is 0.252 e. The molecule has 0 aromatic carbocycles. The number of carbonyl (C=O) groups is 1. The van der Waals surface area contributed by atoms with Gasteiger partial charge >= 0.3 is 0 Å². The third-order valence-electron chi connectivity index (χ3n) is 4.14. The standard InChI is InChI=1S/C17H31N3O/c1-4-15(3)8-6-7-12-20(5-2)13-11-19-17(21)16-9-10-18-14-16/h9-10,14-15,18H,4-8,11-13H2,1-3H3,(H,19,21). The van der Waals surface area contributed by atoms with Gasteiger partial charge in [-0.3, -0.25) is 4.79 Å². The molecule has 0 bridgehead atoms. The summed E-state index contributed by atoms with van der Waals surface area (Å²) in [6.45, 7) is 10.6. The molecule has 0 aliphatic heterocycles. The zero-order valence-electron chi connectivity index (χ0n) is 13.8. The van der Waals surface area contributed by atoms with E-state index in [1.807, 2.05) is 0 Å². The summed E-state index contributed by atoms with van der Waals surface area (Å²) in [5, 5.41) is 2.97. The van der Waals surface area contributed by atoms with Crippen LogP contribution in [0.4, 0.5) is 0 Å². The first-order valence-electron chi connectivity index (χ1n) is 8.30. The number of hydrogen-bond acceptors (Lipinski definition) is 2. The Morgan fingerprint density at radius 3 is 2.76 bits per heavy atom. The average Bonchev–Trinajstić information content (AvgIpc) is 3.03. The van der Waals surface area contributed by atoms with Crippen LogP contribution in [0.1, 0.15) is 56.8 Å². The molecule has 0 saturated carbocycles. The highest BCUT2D eigenvalue weighted by Gasteiger charge is 2.07. The minimum atomic E-state index is 0.00377. The molecule has 1 rings (SSSR count). The number of amides is 1. The van der Waals surface area contributed by atoms with Gasteiger partial charge < -0.3 is 15.2 Å². The van der Waals surface area contributed by atoms with Crippen LogP contribution in [0.25, 0.3) is 0 Å². The van der Waals surface area contributed by atoms with Crippen molar-refractivity contribution in [1.29, 1.82) is 0 Å². The summed E-state index contributed by atoms with van der Waals surface area (Å²) < 4.78 is 0. The van der Waals surface area contributed by atoms with Crippen LogP contribution in [-0.4, -0.2) is 42.0 Å². The van der Waals surface area contributed by atoms with Gasteiger partial charge in [0.25, 0.3) is 5.91 Å². The second-order valence-corrected chi connectivity index (χ2v) is 5.80. The van der Waals surface area contributed by atoms with Crippen molar-refractivity contribution >= 4 is 5.91 Å². The van der Waals surface area contributed by atoms with Crippen molar-refractivity contribution in [3.05, 3.63) is 24.0 Å². The predicted octanol–water partition coefficient (Wildman–Crippen LogP) is 3.28. The molecule has 0 aliphatic carbocycles. The van der Waals surface area contributed by atoms with Gasteiger partial charge in [0.15, 0.2) is 0 Å². The molecule has 1 heterocycles. The Hall–Kier alpha value is -1.29. The summed E-state index contributed by atoms with van der Waals surface area (Å²) in [5.74, 6) is 0.852. The van der Waals surface area contributed by atoms with E-state index in [2.05, 4.69) is 36.0 Å². The topological polar surface area (TPSA) is 48.1 Å². The van der Waals surface area contributed by atoms with E-state index in [-0.39, 0.29) is 5.91 Å². The fourth-order valence-corrected chi connectivity index (χ4v) is 2.36. The Kier molecular flexibility index (Phi) is 8.83. The highest BCUT2D eigenvalue weighted by Crippen LogP contribution is 2.11. The van der Waals surface area contributed by atoms with E-state index in [4.69, 9.17) is 0 Å². The van der Waals surface area contributed by atoms with E-state index in [0.29, 0.717) is 12.1 Å². The van der Waals surface area contributed by atoms with Crippen molar-refractivity contribution in [2.75, 3.05) is 26.2 Å². The lowest BCUT2D eigenvalue weighted by Gasteiger charge is -2.20. The molecule has 0 fully saturated rings. The fourth-order valence-electron chi connectivity index (χ4n) is 2.36. The van der Waals surface area contributed by atoms with Crippen LogP contribution in [-0.2, 0) is 0 Å². The number of nitrogens with zero attached hydrogens (tertiary/aromatic N) is 1. The van der Waals surface area contributed by atoms with E-state index in [0.717, 1.165) is 25.6 Å². The molecule has 1 aromatic heterocycles. The van der Waals surface area contributed by atoms with Gasteiger partial charge in [0.1, 0.15) is 0 Å². The Balaban J connectivity index is 2.12. The van der Waals surface area contributed by atoms with Crippen LogP contribution in [0.15, 0.2) is 18.5 Å². The first kappa shape index (κ1) is 17.8. The maximum Gasteiger partial charge on any atom is 0.252 e. The molecule has 21 heavy (non-hydrogen) atoms. The van der Waals surface area contributed by atoms with E-state index < -0.39 is 0 Å². The van der Waals surface area contributed by atoms with Crippen LogP contribution < -0.4 is 5.32 Å². The third kappa shape index (κ3) is 7.32. The minimum Gasteiger partial charge on any atom is -0.367 e. The predicted molar refractivity (Wildman–Crippen MR) is 88.5 cm³/mol. The van der Waals surface area contributed by atoms with Gasteiger partial charge in [0, 0.05) is 25.5 Å². The number of unbranched alkanes of at least 4 members (excludes halogenated alkanes) is 1. The fraction of sp³-hybridized carbons (Fsp3) is 0.706. The van der Waals surface area contributed by atoms with E-state index in [9.17, 15) is 4.79 Å². The SMILES string of the molecule is CCC(C)CCCCN(CC)CCNC(=O)c1cc[nH]c1. The molecule has 1 atom stereocenters. The largest absolute Gasteiger partial charge is 0.367 e. The maximum atomic E-state index is 11.8. The Labute approximate surface area is 129 Å². The number of carbonyl (C=O) groups excluding carboxylic acids is 1. The first-order chi connectivity index (χ1) is 10.2. The Morgan fingerprint density at radius 2 is 2.14 bits per heavy atom. The summed E-state index contributed by atoms with van der Waals surface area (Å²) in [6.07, 6.45) is 8.67. The summed E-state index contributed by atoms with van der Waals surface area (Å²) in [7, 11) is 0. The first-order valence-corrected chi connectivity index (χ1v) is 8.30. The lowest BCUT2D eigenvalue weighted by atomic mass is 10.0. The van der Waals surface area contributed by atoms with Crippen molar-refractivity contribution < 1.29 is 4.79 Å². The van der Waals surface area contributed by atoms with E-state index >= 15 is 0 Å². The summed E-state index contributed by atoms with van der Waals surface area (Å²) in [4.78, 5) is 17.1. The van der Waals surface area contributed by atoms with Gasteiger partial charge in [-0.2, -0.15) is 0 Å². The van der Waals surface area contributed by atoms with Gasteiger partial charge in [-0.15, -0.1) is 0 Å². The van der Waals surface area contributed by atoms with E-state index in [1.165, 1.54) is 25.7 Å². The number of rotatable bonds is 11. The monoisotopic (exact) mass is 293 g/mol. The van der Waals surface area contributed by atoms with Gasteiger partial charge in [-0.1, -0.05) is 40.0 Å². The van der Waals surface area contributed by atoms with Crippen molar-refractivity contribution in [2.24, 2.45) is 5.92 Å². The molecular formula is C17H31N3O. The molecule has 0 spiro atoms. The van der Waals surface area contributed by atoms with Crippen LogP contribution >= 0.6 is 0 Å². The second kappa shape index (κ2) is 10.4. The van der Waals surface area contributed by atoms with Gasteiger partial charge in [0.05, 0.1) is 5.56 Å². The molecule has 0 saturated heterocycles. The summed E-state index contributed by atoms with van der Waals surface area (Å²) >= 11 is 0. The van der Waals surface area contributed by atoms with Crippen LogP contribution in [0.2, 0.25) is 0 Å². The lowest BCUT2D eigenvalue weighted by molar-refractivity contribution is 0.0948. The molecule has 0 aliphatic rings. The average molecular weight is 293 g/mol. The highest BCUT2D eigenvalue weighted by atomic mass is 16.1. The Morgan fingerprint density at radius 1 is 1.33 bits per heavy atom. The van der Waals surface area contributed by atoms with Gasteiger partial charge in [-0.25, -0.2) is 0 Å². The van der Waals surface area contributed by atoms with Crippen molar-refractivity contribution in [3.63, 3.8) is 0 Å². The normalized spacial score (nSPS) is 12.6. The Bertz CT molecular complexity index is 375. The highest BCUT2D eigenvalue weighted by molar-refractivity contribution is 5.93. The molecule has 1 unspecified atom stereocenters. The minimum absolute atomic E-state index is 0.00377. The number of H-pyrrole nitrogens is 1. The summed E-state index contributed by atoms with van der Waals surface area (Å²) in [6, 6.07) is 1.79. The molecule has 4 heteroatoms. The molecule has 120 valence electrons. The maximum absolute atomic E-state index is 11.8. The zero-order valence-corrected chi connectivity index (χ0v) is 13.8. The molecule has 4 nitrogen and oxygen atoms in total. The van der Waals surface area contributed by atoms with Crippen molar-refractivity contribution in [3.8, 4) is 0 Å². The number of aromatic nitrogens is 1. The van der Waals surface area contributed by atoms with Crippen molar-refractivity contribution in [2.45, 2.75) is 46.5 Å². The van der Waals surface area contributed by atoms with Crippen LogP contribution in [0, 0.1) is 5.92 Å². The molecule has 0 radical (unpaired) electrons. The van der Waals surface area contributed by atoms with Gasteiger partial charge in [-0.05, 0) is 31.5 Å². The third-order valence-corrected chi connectivity index (χ3v) is 4.14. The van der Waals surface area contributed by atoms with Gasteiger partial charge in [0.2, 0.25) is 0 Å². The molecule has 2 N–H and O–H groups in total. The number of aromatic amines is 1. The zero-order chi connectivity index (χ0) is 15.5.